The highest BCUT2D eigenvalue weighted by molar-refractivity contribution is 8.16. The van der Waals surface area contributed by atoms with E-state index in [1.165, 1.54) is 27.0 Å². The summed E-state index contributed by atoms with van der Waals surface area (Å²) >= 11 is 3.89. The monoisotopic (exact) mass is 515 g/mol. The number of hydrogen-bond acceptors (Lipinski definition) is 3. The van der Waals surface area contributed by atoms with E-state index in [1.807, 2.05) is 23.5 Å². The summed E-state index contributed by atoms with van der Waals surface area (Å²) in [7, 11) is -2.02. The molecule has 0 radical (unpaired) electrons. The molecule has 0 aromatic heterocycles. The van der Waals surface area contributed by atoms with Crippen LogP contribution in [-0.4, -0.2) is 19.1 Å². The molecule has 4 heteroatoms. The zero-order chi connectivity index (χ0) is 24.3. The lowest BCUT2D eigenvalue weighted by Gasteiger charge is -2.38. The zero-order valence-corrected chi connectivity index (χ0v) is 23.1. The Labute approximate surface area is 219 Å². The van der Waals surface area contributed by atoms with E-state index in [-0.39, 0.29) is 4.08 Å². The third-order valence-corrected chi connectivity index (χ3v) is 15.3. The molecule has 0 aliphatic carbocycles. The molecule has 1 heterocycles. The molecule has 1 aliphatic rings. The second-order valence-electron chi connectivity index (χ2n) is 8.92. The first-order valence-corrected chi connectivity index (χ1v) is 16.4. The molecule has 35 heavy (non-hydrogen) atoms. The average Bonchev–Trinajstić information content (AvgIpc) is 2.94. The van der Waals surface area contributed by atoms with E-state index >= 15 is 0 Å². The van der Waals surface area contributed by atoms with E-state index in [9.17, 15) is 0 Å². The molecule has 4 aromatic rings. The summed E-state index contributed by atoms with van der Waals surface area (Å²) < 4.78 is 6.18. The molecule has 1 atom stereocenters. The van der Waals surface area contributed by atoms with Gasteiger partial charge in [0.2, 0.25) is 0 Å². The summed E-state index contributed by atoms with van der Waals surface area (Å²) in [6.45, 7) is 3.21. The number of benzene rings is 4. The van der Waals surface area contributed by atoms with E-state index < -0.39 is 7.26 Å². The molecule has 178 valence electrons. The first-order chi connectivity index (χ1) is 17.2. The molecule has 0 spiro atoms. The van der Waals surface area contributed by atoms with Crippen molar-refractivity contribution in [3.8, 4) is 5.75 Å². The van der Waals surface area contributed by atoms with Crippen molar-refractivity contribution < 1.29 is 4.74 Å². The maximum Gasteiger partial charge on any atom is 0.124 e. The van der Waals surface area contributed by atoms with Crippen LogP contribution in [0.5, 0.6) is 5.75 Å². The van der Waals surface area contributed by atoms with Gasteiger partial charge in [0.25, 0.3) is 0 Å². The van der Waals surface area contributed by atoms with Gasteiger partial charge in [0.1, 0.15) is 34.6 Å². The Morgan fingerprint density at radius 1 is 0.714 bits per heavy atom. The normalized spacial score (nSPS) is 15.6. The lowest BCUT2D eigenvalue weighted by atomic mass is 10.0. The van der Waals surface area contributed by atoms with E-state index in [2.05, 4.69) is 129 Å². The molecule has 0 saturated carbocycles. The van der Waals surface area contributed by atoms with Gasteiger partial charge < -0.3 is 4.74 Å². The lowest BCUT2D eigenvalue weighted by molar-refractivity contribution is 0.280. The zero-order valence-electron chi connectivity index (χ0n) is 20.6. The summed E-state index contributed by atoms with van der Waals surface area (Å²) in [6, 6.07) is 40.5. The van der Waals surface area contributed by atoms with E-state index in [4.69, 9.17) is 4.74 Å². The van der Waals surface area contributed by atoms with Crippen LogP contribution in [0, 0.1) is 0 Å². The SMILES string of the molecule is CSC1(SC)CCOc2ccc(C(C)[P+](c3ccccc3)(c3ccccc3)c3ccccc3)cc21. The molecule has 0 bridgehead atoms. The molecular weight excluding hydrogens is 483 g/mol. The Kier molecular flexibility index (Phi) is 7.30. The van der Waals surface area contributed by atoms with Crippen LogP contribution in [0.4, 0.5) is 0 Å². The summed E-state index contributed by atoms with van der Waals surface area (Å²) in [6.07, 6.45) is 5.49. The van der Waals surface area contributed by atoms with Crippen molar-refractivity contribution >= 4 is 46.7 Å². The van der Waals surface area contributed by atoms with Crippen molar-refractivity contribution in [2.75, 3.05) is 19.1 Å². The van der Waals surface area contributed by atoms with Gasteiger partial charge in [-0.1, -0.05) is 60.7 Å². The third kappa shape index (κ3) is 4.22. The number of ether oxygens (including phenoxy) is 1. The summed E-state index contributed by atoms with van der Waals surface area (Å²) in [4.78, 5) is 0. The minimum absolute atomic E-state index is 0.0384. The van der Waals surface area contributed by atoms with E-state index in [0.717, 1.165) is 18.8 Å². The fourth-order valence-electron chi connectivity index (χ4n) is 5.50. The highest BCUT2D eigenvalue weighted by atomic mass is 32.2. The minimum atomic E-state index is -2.02. The fraction of sp³-hybridized carbons (Fsp3) is 0.226. The molecule has 1 aliphatic heterocycles. The molecule has 0 saturated heterocycles. The third-order valence-electron chi connectivity index (χ3n) is 7.32. The number of thioether (sulfide) groups is 2. The van der Waals surface area contributed by atoms with Gasteiger partial charge in [-0.05, 0) is 73.5 Å². The van der Waals surface area contributed by atoms with Gasteiger partial charge >= 0.3 is 0 Å². The molecule has 0 fully saturated rings. The van der Waals surface area contributed by atoms with Crippen molar-refractivity contribution in [1.82, 2.24) is 0 Å². The molecule has 1 nitrogen and oxygen atoms in total. The fourth-order valence-corrected chi connectivity index (χ4v) is 12.3. The van der Waals surface area contributed by atoms with Gasteiger partial charge in [-0.15, -0.1) is 23.5 Å². The van der Waals surface area contributed by atoms with Crippen molar-refractivity contribution in [1.29, 1.82) is 0 Å². The van der Waals surface area contributed by atoms with Crippen LogP contribution in [0.15, 0.2) is 109 Å². The predicted octanol–water partition coefficient (Wildman–Crippen LogP) is 7.40. The Balaban J connectivity index is 1.78. The quantitative estimate of drug-likeness (QED) is 0.187. The lowest BCUT2D eigenvalue weighted by Crippen LogP contribution is -2.34. The van der Waals surface area contributed by atoms with Crippen LogP contribution in [-0.2, 0) is 4.08 Å². The molecule has 1 unspecified atom stereocenters. The van der Waals surface area contributed by atoms with Crippen molar-refractivity contribution in [3.05, 3.63) is 120 Å². The first kappa shape index (κ1) is 24.5. The summed E-state index contributed by atoms with van der Waals surface area (Å²) in [5, 5.41) is 4.25. The summed E-state index contributed by atoms with van der Waals surface area (Å²) in [5.74, 6) is 1.04. The minimum Gasteiger partial charge on any atom is -0.493 e. The van der Waals surface area contributed by atoms with Gasteiger partial charge in [-0.3, -0.25) is 0 Å². The smallest absolute Gasteiger partial charge is 0.124 e. The van der Waals surface area contributed by atoms with Gasteiger partial charge in [-0.2, -0.15) is 0 Å². The van der Waals surface area contributed by atoms with Crippen molar-refractivity contribution in [2.24, 2.45) is 0 Å². The first-order valence-electron chi connectivity index (χ1n) is 12.1. The topological polar surface area (TPSA) is 9.23 Å². The van der Waals surface area contributed by atoms with Crippen molar-refractivity contribution in [2.45, 2.75) is 23.1 Å². The van der Waals surface area contributed by atoms with E-state index in [1.54, 1.807) is 0 Å². The largest absolute Gasteiger partial charge is 0.493 e. The molecule has 0 amide bonds. The summed E-state index contributed by atoms with van der Waals surface area (Å²) in [5.41, 5.74) is 3.01. The second-order valence-corrected chi connectivity index (χ2v) is 15.2. The average molecular weight is 516 g/mol. The van der Waals surface area contributed by atoms with Crippen LogP contribution in [0.2, 0.25) is 0 Å². The molecule has 4 aromatic carbocycles. The van der Waals surface area contributed by atoms with Crippen molar-refractivity contribution in [3.63, 3.8) is 0 Å². The Morgan fingerprint density at radius 2 is 1.20 bits per heavy atom. The maximum atomic E-state index is 6.14. The number of hydrogen-bond donors (Lipinski definition) is 0. The Bertz CT molecular complexity index is 1160. The number of fused-ring (bicyclic) bond motifs is 1. The van der Waals surface area contributed by atoms with Crippen LogP contribution in [0.1, 0.15) is 30.1 Å². The van der Waals surface area contributed by atoms with Gasteiger partial charge in [0.15, 0.2) is 0 Å². The highest BCUT2D eigenvalue weighted by Gasteiger charge is 2.51. The van der Waals surface area contributed by atoms with Gasteiger partial charge in [-0.25, -0.2) is 0 Å². The highest BCUT2D eigenvalue weighted by Crippen LogP contribution is 2.67. The van der Waals surface area contributed by atoms with Crippen LogP contribution in [0.25, 0.3) is 0 Å². The van der Waals surface area contributed by atoms with Crippen LogP contribution >= 0.6 is 30.8 Å². The molecular formula is C31H32OPS2+. The van der Waals surface area contributed by atoms with Gasteiger partial charge in [0.05, 0.1) is 10.7 Å². The van der Waals surface area contributed by atoms with Gasteiger partial charge in [0, 0.05) is 12.0 Å². The molecule has 0 N–H and O–H groups in total. The predicted molar refractivity (Wildman–Crippen MR) is 159 cm³/mol. The number of rotatable bonds is 7. The van der Waals surface area contributed by atoms with E-state index in [0.29, 0.717) is 5.66 Å². The maximum absolute atomic E-state index is 6.14. The Morgan fingerprint density at radius 3 is 1.66 bits per heavy atom. The molecule has 5 rings (SSSR count). The standard InChI is InChI=1S/C31H32OPS2/c1-24(25-19-20-30-29(23-25)31(34-2,35-3)21-22-32-30)33(26-13-7-4-8-14-26,27-15-9-5-10-16-27)28-17-11-6-12-18-28/h4-20,23-24H,21-22H2,1-3H3/q+1. The van der Waals surface area contributed by atoms with Crippen LogP contribution < -0.4 is 20.7 Å². The second kappa shape index (κ2) is 10.4. The van der Waals surface area contributed by atoms with Crippen LogP contribution in [0.3, 0.4) is 0 Å². The Hall–Kier alpha value is -2.19.